The lowest BCUT2D eigenvalue weighted by atomic mass is 10.1. The van der Waals surface area contributed by atoms with Crippen LogP contribution in [-0.4, -0.2) is 23.7 Å². The summed E-state index contributed by atoms with van der Waals surface area (Å²) in [5, 5.41) is 0. The number of benzene rings is 1. The quantitative estimate of drug-likeness (QED) is 0.590. The minimum Gasteiger partial charge on any atom is -0.469 e. The summed E-state index contributed by atoms with van der Waals surface area (Å²) in [5.74, 6) is 3.06. The second-order valence-corrected chi connectivity index (χ2v) is 7.79. The van der Waals surface area contributed by atoms with Crippen molar-refractivity contribution in [3.8, 4) is 5.75 Å². The Morgan fingerprint density at radius 1 is 1.62 bits per heavy atom. The van der Waals surface area contributed by atoms with Crippen LogP contribution in [-0.2, 0) is 21.0 Å². The molecule has 1 aliphatic rings. The number of alkyl halides is 1. The van der Waals surface area contributed by atoms with E-state index in [0.717, 1.165) is 28.6 Å². The molecule has 2 rings (SSSR count). The molecule has 0 saturated carbocycles. The zero-order chi connectivity index (χ0) is 15.4. The van der Waals surface area contributed by atoms with Gasteiger partial charge in [-0.15, -0.1) is 0 Å². The molecule has 0 saturated heterocycles. The van der Waals surface area contributed by atoms with Crippen LogP contribution in [0.3, 0.4) is 0 Å². The van der Waals surface area contributed by atoms with Gasteiger partial charge in [0.25, 0.3) is 0 Å². The first-order chi connectivity index (χ1) is 10.0. The summed E-state index contributed by atoms with van der Waals surface area (Å²) in [6.45, 7) is 3.97. The van der Waals surface area contributed by atoms with E-state index in [9.17, 15) is 4.79 Å². The van der Waals surface area contributed by atoms with Gasteiger partial charge in [0.15, 0.2) is 0 Å². The molecule has 2 unspecified atom stereocenters. The summed E-state index contributed by atoms with van der Waals surface area (Å²) in [7, 11) is 1.42. The van der Waals surface area contributed by atoms with Crippen LogP contribution >= 0.6 is 35.1 Å². The van der Waals surface area contributed by atoms with Crippen molar-refractivity contribution in [1.82, 2.24) is 0 Å². The summed E-state index contributed by atoms with van der Waals surface area (Å²) in [4.78, 5) is 11.1. The molecule has 0 aliphatic carbocycles. The van der Waals surface area contributed by atoms with Crippen LogP contribution in [0.1, 0.15) is 23.6 Å². The molecule has 21 heavy (non-hydrogen) atoms. The fourth-order valence-electron chi connectivity index (χ4n) is 2.19. The van der Waals surface area contributed by atoms with Gasteiger partial charge >= 0.3 is 5.97 Å². The summed E-state index contributed by atoms with van der Waals surface area (Å²) in [5.41, 5.74) is 3.58. The fraction of sp³-hybridized carbons (Fsp3) is 0.533. The Bertz CT molecular complexity index is 522. The predicted octanol–water partition coefficient (Wildman–Crippen LogP) is 4.19. The van der Waals surface area contributed by atoms with Crippen molar-refractivity contribution >= 4 is 41.1 Å². The first kappa shape index (κ1) is 16.8. The lowest BCUT2D eigenvalue weighted by Crippen LogP contribution is -2.15. The predicted molar refractivity (Wildman–Crippen MR) is 90.1 cm³/mol. The van der Waals surface area contributed by atoms with E-state index >= 15 is 0 Å². The van der Waals surface area contributed by atoms with E-state index in [0.29, 0.717) is 0 Å². The topological polar surface area (TPSA) is 35.5 Å². The third-order valence-corrected chi connectivity index (χ3v) is 5.75. The number of carbonyl (C=O) groups is 1. The van der Waals surface area contributed by atoms with Crippen molar-refractivity contribution in [3.63, 3.8) is 0 Å². The van der Waals surface area contributed by atoms with Gasteiger partial charge in [-0.25, -0.2) is 0 Å². The van der Waals surface area contributed by atoms with E-state index in [1.54, 1.807) is 23.5 Å². The van der Waals surface area contributed by atoms with Gasteiger partial charge in [0, 0.05) is 28.4 Å². The number of hydrogen-bond acceptors (Lipinski definition) is 5. The molecule has 6 heteroatoms. The van der Waals surface area contributed by atoms with Crippen LogP contribution in [0.4, 0.5) is 0 Å². The first-order valence-corrected chi connectivity index (χ1v) is 9.35. The van der Waals surface area contributed by atoms with Crippen molar-refractivity contribution in [1.29, 1.82) is 0 Å². The van der Waals surface area contributed by atoms with E-state index in [4.69, 9.17) is 21.1 Å². The van der Waals surface area contributed by atoms with Gasteiger partial charge in [-0.1, -0.05) is 48.0 Å². The first-order valence-electron chi connectivity index (χ1n) is 6.71. The highest BCUT2D eigenvalue weighted by Gasteiger charge is 2.22. The molecule has 116 valence electrons. The van der Waals surface area contributed by atoms with E-state index in [1.165, 1.54) is 18.2 Å². The Morgan fingerprint density at radius 2 is 2.38 bits per heavy atom. The van der Waals surface area contributed by atoms with Crippen molar-refractivity contribution in [2.75, 3.05) is 12.9 Å². The summed E-state index contributed by atoms with van der Waals surface area (Å²) in [6, 6.07) is 4.28. The molecule has 1 aliphatic heterocycles. The monoisotopic (exact) mass is 346 g/mol. The lowest BCUT2D eigenvalue weighted by Gasteiger charge is -2.24. The average molecular weight is 347 g/mol. The van der Waals surface area contributed by atoms with E-state index in [1.807, 2.05) is 6.92 Å². The van der Waals surface area contributed by atoms with Gasteiger partial charge in [-0.05, 0) is 6.92 Å². The van der Waals surface area contributed by atoms with Crippen LogP contribution < -0.4 is 4.74 Å². The highest BCUT2D eigenvalue weighted by Crippen LogP contribution is 2.39. The summed E-state index contributed by atoms with van der Waals surface area (Å²) in [6.07, 6.45) is 0. The van der Waals surface area contributed by atoms with Gasteiger partial charge in [0.1, 0.15) is 5.75 Å². The standard InChI is InChI=1S/C15H19ClO3S2/c1-9-4-11(7-20-6-10(2)14(17)18-3)13-12(5-9)8-21-15(16)19-13/h4-5,10,15H,6-8H2,1-3H3. The normalized spacial score (nSPS) is 18.6. The summed E-state index contributed by atoms with van der Waals surface area (Å²) < 4.78 is 10.5. The maximum absolute atomic E-state index is 11.4. The van der Waals surface area contributed by atoms with E-state index < -0.39 is 0 Å². The smallest absolute Gasteiger partial charge is 0.309 e. The van der Waals surface area contributed by atoms with Gasteiger partial charge in [-0.3, -0.25) is 4.79 Å². The van der Waals surface area contributed by atoms with Crippen LogP contribution in [0.5, 0.6) is 5.75 Å². The third-order valence-electron chi connectivity index (χ3n) is 3.20. The van der Waals surface area contributed by atoms with Gasteiger partial charge in [0.2, 0.25) is 4.90 Å². The highest BCUT2D eigenvalue weighted by molar-refractivity contribution is 8.00. The Morgan fingerprint density at radius 3 is 3.10 bits per heavy atom. The Balaban J connectivity index is 2.03. The Kier molecular flexibility index (Phi) is 6.14. The molecule has 2 atom stereocenters. The fourth-order valence-corrected chi connectivity index (χ4v) is 4.20. The van der Waals surface area contributed by atoms with Crippen LogP contribution in [0, 0.1) is 12.8 Å². The molecule has 1 aromatic carbocycles. The SMILES string of the molecule is COC(=O)C(C)CSCc1cc(C)cc2c1OC(Cl)SC2. The molecule has 0 fully saturated rings. The number of methoxy groups -OCH3 is 1. The van der Waals surface area contributed by atoms with Gasteiger partial charge in [-0.2, -0.15) is 11.8 Å². The number of thioether (sulfide) groups is 2. The maximum atomic E-state index is 11.4. The molecule has 3 nitrogen and oxygen atoms in total. The number of esters is 1. The second kappa shape index (κ2) is 7.65. The molecular weight excluding hydrogens is 328 g/mol. The van der Waals surface area contributed by atoms with Crippen molar-refractivity contribution in [3.05, 3.63) is 28.8 Å². The zero-order valence-electron chi connectivity index (χ0n) is 12.3. The lowest BCUT2D eigenvalue weighted by molar-refractivity contribution is -0.143. The third kappa shape index (κ3) is 4.47. The average Bonchev–Trinajstić information content (AvgIpc) is 2.46. The zero-order valence-corrected chi connectivity index (χ0v) is 14.7. The minimum absolute atomic E-state index is 0.0992. The molecule has 1 heterocycles. The second-order valence-electron chi connectivity index (χ2n) is 5.05. The number of ether oxygens (including phenoxy) is 2. The number of carbonyl (C=O) groups excluding carboxylic acids is 1. The van der Waals surface area contributed by atoms with Crippen LogP contribution in [0.15, 0.2) is 12.1 Å². The number of halogens is 1. The van der Waals surface area contributed by atoms with Crippen molar-refractivity contribution < 1.29 is 14.3 Å². The Hall–Kier alpha value is -0.520. The van der Waals surface area contributed by atoms with Gasteiger partial charge in [0.05, 0.1) is 13.0 Å². The van der Waals surface area contributed by atoms with Crippen LogP contribution in [0.25, 0.3) is 0 Å². The molecule has 0 radical (unpaired) electrons. The van der Waals surface area contributed by atoms with Crippen molar-refractivity contribution in [2.45, 2.75) is 30.2 Å². The van der Waals surface area contributed by atoms with Crippen molar-refractivity contribution in [2.24, 2.45) is 5.92 Å². The molecule has 1 aromatic rings. The van der Waals surface area contributed by atoms with E-state index in [-0.39, 0.29) is 16.8 Å². The maximum Gasteiger partial charge on any atom is 0.309 e. The number of aryl methyl sites for hydroxylation is 1. The Labute approximate surface area is 139 Å². The minimum atomic E-state index is -0.321. The van der Waals surface area contributed by atoms with Gasteiger partial charge < -0.3 is 9.47 Å². The number of hydrogen-bond donors (Lipinski definition) is 0. The van der Waals surface area contributed by atoms with Crippen LogP contribution in [0.2, 0.25) is 0 Å². The molecular formula is C15H19ClO3S2. The molecule has 0 amide bonds. The van der Waals surface area contributed by atoms with E-state index in [2.05, 4.69) is 19.1 Å². The molecule has 0 bridgehead atoms. The number of rotatable bonds is 5. The summed E-state index contributed by atoms with van der Waals surface area (Å²) >= 11 is 9.37. The molecule has 0 N–H and O–H groups in total. The highest BCUT2D eigenvalue weighted by atomic mass is 35.5. The largest absolute Gasteiger partial charge is 0.469 e. The molecule has 0 aromatic heterocycles. The number of fused-ring (bicyclic) bond motifs is 1. The molecule has 0 spiro atoms.